The molecule has 2 amide bonds. The minimum atomic E-state index is -0.954. The van der Waals surface area contributed by atoms with Gasteiger partial charge in [0.25, 0.3) is 0 Å². The van der Waals surface area contributed by atoms with Crippen molar-refractivity contribution in [1.82, 2.24) is 4.90 Å². The summed E-state index contributed by atoms with van der Waals surface area (Å²) in [6.07, 6.45) is 7.80. The van der Waals surface area contributed by atoms with Crippen LogP contribution in [0.3, 0.4) is 0 Å². The lowest BCUT2D eigenvalue weighted by Crippen LogP contribution is -2.45. The van der Waals surface area contributed by atoms with Crippen molar-refractivity contribution in [2.75, 3.05) is 13.2 Å². The van der Waals surface area contributed by atoms with Gasteiger partial charge in [0.15, 0.2) is 6.10 Å². The van der Waals surface area contributed by atoms with Gasteiger partial charge in [-0.3, -0.25) is 9.59 Å². The van der Waals surface area contributed by atoms with E-state index in [-0.39, 0.29) is 25.2 Å². The Morgan fingerprint density at radius 2 is 1.71 bits per heavy atom. The number of aryl methyl sites for hydroxylation is 1. The molecule has 0 aliphatic carbocycles. The monoisotopic (exact) mass is 557 g/mol. The molecular formula is C26H40BrNO7. The van der Waals surface area contributed by atoms with Gasteiger partial charge in [0.2, 0.25) is 5.91 Å². The number of rotatable bonds is 15. The van der Waals surface area contributed by atoms with Gasteiger partial charge in [-0.15, -0.1) is 0 Å². The van der Waals surface area contributed by atoms with Gasteiger partial charge in [0.05, 0.1) is 16.4 Å². The number of esters is 1. The van der Waals surface area contributed by atoms with E-state index < -0.39 is 30.0 Å². The molecule has 198 valence electrons. The van der Waals surface area contributed by atoms with Gasteiger partial charge in [0, 0.05) is 20.0 Å². The SMILES string of the molecule is CC(=O)OC(c1cc(Br)c(CCCCCCCCCCO)o1)C(C)C(=O)N1C(=O)OCC1C(C)C. The summed E-state index contributed by atoms with van der Waals surface area (Å²) in [6, 6.07) is 1.39. The van der Waals surface area contributed by atoms with Gasteiger partial charge in [0.1, 0.15) is 18.1 Å². The molecule has 8 nitrogen and oxygen atoms in total. The number of carbonyl (C=O) groups is 3. The minimum Gasteiger partial charge on any atom is -0.461 e. The van der Waals surface area contributed by atoms with Crippen LogP contribution in [0.2, 0.25) is 0 Å². The first-order valence-electron chi connectivity index (χ1n) is 12.7. The van der Waals surface area contributed by atoms with E-state index in [1.165, 1.54) is 19.8 Å². The van der Waals surface area contributed by atoms with E-state index in [0.717, 1.165) is 60.1 Å². The van der Waals surface area contributed by atoms with Gasteiger partial charge < -0.3 is 19.0 Å². The number of carbonyl (C=O) groups excluding carboxylic acids is 3. The average Bonchev–Trinajstić information content (AvgIpc) is 3.37. The fourth-order valence-corrected chi connectivity index (χ4v) is 4.81. The molecule has 1 saturated heterocycles. The maximum absolute atomic E-state index is 13.3. The normalized spacial score (nSPS) is 17.5. The second-order valence-corrected chi connectivity index (χ2v) is 10.5. The van der Waals surface area contributed by atoms with Gasteiger partial charge in [-0.1, -0.05) is 52.4 Å². The number of halogens is 1. The minimum absolute atomic E-state index is 0.0367. The van der Waals surface area contributed by atoms with E-state index in [9.17, 15) is 14.4 Å². The molecule has 1 N–H and O–H groups in total. The molecule has 1 fully saturated rings. The molecule has 1 aromatic heterocycles. The summed E-state index contributed by atoms with van der Waals surface area (Å²) in [5, 5.41) is 8.82. The highest BCUT2D eigenvalue weighted by Gasteiger charge is 2.44. The Hall–Kier alpha value is -1.87. The fourth-order valence-electron chi connectivity index (χ4n) is 4.31. The summed E-state index contributed by atoms with van der Waals surface area (Å²) in [7, 11) is 0. The number of unbranched alkanes of at least 4 members (excludes halogenated alkanes) is 7. The van der Waals surface area contributed by atoms with Crippen molar-refractivity contribution in [3.05, 3.63) is 22.1 Å². The maximum Gasteiger partial charge on any atom is 0.416 e. The number of aliphatic hydroxyl groups is 1. The number of hydrogen-bond donors (Lipinski definition) is 1. The topological polar surface area (TPSA) is 106 Å². The molecule has 0 bridgehead atoms. The third kappa shape index (κ3) is 8.63. The molecule has 2 heterocycles. The maximum atomic E-state index is 13.3. The number of cyclic esters (lactones) is 1. The molecule has 1 aliphatic heterocycles. The number of imide groups is 1. The highest BCUT2D eigenvalue weighted by molar-refractivity contribution is 9.10. The van der Waals surface area contributed by atoms with E-state index in [1.54, 1.807) is 13.0 Å². The van der Waals surface area contributed by atoms with Gasteiger partial charge in [-0.2, -0.15) is 0 Å². The van der Waals surface area contributed by atoms with Crippen LogP contribution in [0.4, 0.5) is 4.79 Å². The van der Waals surface area contributed by atoms with Crippen molar-refractivity contribution in [2.24, 2.45) is 11.8 Å². The lowest BCUT2D eigenvalue weighted by Gasteiger charge is -2.28. The Labute approximate surface area is 216 Å². The molecule has 0 radical (unpaired) electrons. The molecule has 3 unspecified atom stereocenters. The smallest absolute Gasteiger partial charge is 0.416 e. The summed E-state index contributed by atoms with van der Waals surface area (Å²) >= 11 is 3.54. The summed E-state index contributed by atoms with van der Waals surface area (Å²) in [5.41, 5.74) is 0. The van der Waals surface area contributed by atoms with Crippen molar-refractivity contribution in [1.29, 1.82) is 0 Å². The van der Waals surface area contributed by atoms with E-state index in [0.29, 0.717) is 5.76 Å². The highest BCUT2D eigenvalue weighted by atomic mass is 79.9. The first-order valence-corrected chi connectivity index (χ1v) is 13.5. The van der Waals surface area contributed by atoms with Crippen LogP contribution < -0.4 is 0 Å². The molecule has 3 atom stereocenters. The number of furan rings is 1. The third-order valence-electron chi connectivity index (χ3n) is 6.42. The van der Waals surface area contributed by atoms with Crippen molar-refractivity contribution < 1.29 is 33.4 Å². The number of amides is 2. The van der Waals surface area contributed by atoms with Crippen LogP contribution in [0.15, 0.2) is 15.0 Å². The Balaban J connectivity index is 2.00. The predicted octanol–water partition coefficient (Wildman–Crippen LogP) is 5.94. The zero-order valence-electron chi connectivity index (χ0n) is 21.4. The van der Waals surface area contributed by atoms with E-state index in [4.69, 9.17) is 19.0 Å². The highest BCUT2D eigenvalue weighted by Crippen LogP contribution is 2.35. The zero-order valence-corrected chi connectivity index (χ0v) is 23.0. The van der Waals surface area contributed by atoms with Crippen LogP contribution in [-0.2, 0) is 25.5 Å². The van der Waals surface area contributed by atoms with Crippen LogP contribution >= 0.6 is 15.9 Å². The zero-order chi connectivity index (χ0) is 26.0. The van der Waals surface area contributed by atoms with Crippen molar-refractivity contribution in [2.45, 2.75) is 97.6 Å². The Bertz CT molecular complexity index is 838. The summed E-state index contributed by atoms with van der Waals surface area (Å²) in [5.74, 6) is -0.657. The van der Waals surface area contributed by atoms with Crippen LogP contribution in [0.1, 0.15) is 96.7 Å². The van der Waals surface area contributed by atoms with Crippen molar-refractivity contribution in [3.8, 4) is 0 Å². The summed E-state index contributed by atoms with van der Waals surface area (Å²) < 4.78 is 17.4. The van der Waals surface area contributed by atoms with Gasteiger partial charge >= 0.3 is 12.1 Å². The third-order valence-corrected chi connectivity index (χ3v) is 7.09. The van der Waals surface area contributed by atoms with Crippen molar-refractivity contribution >= 4 is 33.9 Å². The van der Waals surface area contributed by atoms with Crippen LogP contribution in [0.25, 0.3) is 0 Å². The molecule has 0 spiro atoms. The first kappa shape index (κ1) is 29.4. The molecule has 0 aromatic carbocycles. The van der Waals surface area contributed by atoms with Gasteiger partial charge in [-0.25, -0.2) is 9.69 Å². The fraction of sp³-hybridized carbons (Fsp3) is 0.731. The van der Waals surface area contributed by atoms with E-state index in [2.05, 4.69) is 15.9 Å². The standard InChI is InChI=1S/C26H40BrNO7/c1-17(2)21-16-33-26(32)28(21)25(31)18(3)24(34-19(4)30)23-15-20(27)22(35-23)13-11-9-7-5-6-8-10-12-14-29/h15,17-18,21,24,29H,5-14,16H2,1-4H3. The average molecular weight is 559 g/mol. The molecular weight excluding hydrogens is 518 g/mol. The second-order valence-electron chi connectivity index (χ2n) is 9.64. The molecule has 1 aromatic rings. The largest absolute Gasteiger partial charge is 0.461 e. The summed E-state index contributed by atoms with van der Waals surface area (Å²) in [4.78, 5) is 38.6. The Morgan fingerprint density at radius 3 is 2.29 bits per heavy atom. The molecule has 2 rings (SSSR count). The van der Waals surface area contributed by atoms with E-state index in [1.807, 2.05) is 13.8 Å². The number of ether oxygens (including phenoxy) is 2. The Morgan fingerprint density at radius 1 is 1.11 bits per heavy atom. The number of aliphatic hydroxyl groups excluding tert-OH is 1. The number of hydrogen-bond acceptors (Lipinski definition) is 7. The first-order chi connectivity index (χ1) is 16.7. The Kier molecular flexibility index (Phi) is 12.3. The molecule has 1 aliphatic rings. The van der Waals surface area contributed by atoms with Crippen LogP contribution in [0.5, 0.6) is 0 Å². The second kappa shape index (κ2) is 14.6. The lowest BCUT2D eigenvalue weighted by molar-refractivity contribution is -0.155. The van der Waals surface area contributed by atoms with Crippen molar-refractivity contribution in [3.63, 3.8) is 0 Å². The van der Waals surface area contributed by atoms with E-state index >= 15 is 0 Å². The van der Waals surface area contributed by atoms with Crippen LogP contribution in [-0.4, -0.2) is 47.2 Å². The molecule has 9 heteroatoms. The quantitative estimate of drug-likeness (QED) is 0.210. The summed E-state index contributed by atoms with van der Waals surface area (Å²) in [6.45, 7) is 7.20. The van der Waals surface area contributed by atoms with Gasteiger partial charge in [-0.05, 0) is 47.7 Å². The predicted molar refractivity (Wildman–Crippen MR) is 135 cm³/mol. The molecule has 35 heavy (non-hydrogen) atoms. The van der Waals surface area contributed by atoms with Crippen LogP contribution in [0, 0.1) is 11.8 Å². The lowest BCUT2D eigenvalue weighted by atomic mass is 9.98. The molecule has 0 saturated carbocycles. The number of nitrogens with zero attached hydrogens (tertiary/aromatic N) is 1.